The van der Waals surface area contributed by atoms with Gasteiger partial charge in [-0.3, -0.25) is 4.90 Å². The molecule has 94 valence electrons. The SMILES string of the molecule is CC(N)C(C)CN1CCC(N2CCCC2)C1. The van der Waals surface area contributed by atoms with Crippen LogP contribution in [0.25, 0.3) is 0 Å². The Kier molecular flexibility index (Phi) is 4.22. The Labute approximate surface area is 100.0 Å². The van der Waals surface area contributed by atoms with Crippen molar-refractivity contribution in [2.45, 2.75) is 45.2 Å². The quantitative estimate of drug-likeness (QED) is 0.779. The van der Waals surface area contributed by atoms with Crippen molar-refractivity contribution < 1.29 is 0 Å². The molecule has 0 saturated carbocycles. The third-order valence-corrected chi connectivity index (χ3v) is 4.35. The lowest BCUT2D eigenvalue weighted by molar-refractivity contribution is 0.216. The van der Waals surface area contributed by atoms with Crippen LogP contribution in [0, 0.1) is 5.92 Å². The lowest BCUT2D eigenvalue weighted by Gasteiger charge is -2.26. The molecule has 3 heteroatoms. The first-order valence-electron chi connectivity index (χ1n) is 6.89. The number of hydrogen-bond donors (Lipinski definition) is 1. The van der Waals surface area contributed by atoms with Gasteiger partial charge in [0.1, 0.15) is 0 Å². The van der Waals surface area contributed by atoms with E-state index >= 15 is 0 Å². The van der Waals surface area contributed by atoms with E-state index in [0.717, 1.165) is 6.04 Å². The van der Waals surface area contributed by atoms with Gasteiger partial charge in [-0.05, 0) is 51.7 Å². The van der Waals surface area contributed by atoms with E-state index in [0.29, 0.717) is 12.0 Å². The highest BCUT2D eigenvalue weighted by Gasteiger charge is 2.29. The van der Waals surface area contributed by atoms with Gasteiger partial charge in [-0.25, -0.2) is 0 Å². The van der Waals surface area contributed by atoms with Crippen molar-refractivity contribution in [1.82, 2.24) is 9.80 Å². The fraction of sp³-hybridized carbons (Fsp3) is 1.00. The molecule has 3 nitrogen and oxygen atoms in total. The minimum Gasteiger partial charge on any atom is -0.328 e. The molecule has 0 spiro atoms. The van der Waals surface area contributed by atoms with Crippen molar-refractivity contribution in [3.8, 4) is 0 Å². The van der Waals surface area contributed by atoms with Gasteiger partial charge in [-0.2, -0.15) is 0 Å². The zero-order valence-corrected chi connectivity index (χ0v) is 10.9. The molecule has 0 radical (unpaired) electrons. The molecule has 2 rings (SSSR count). The molecule has 0 aliphatic carbocycles. The maximum Gasteiger partial charge on any atom is 0.0235 e. The van der Waals surface area contributed by atoms with Crippen LogP contribution in [0.4, 0.5) is 0 Å². The number of likely N-dealkylation sites (tertiary alicyclic amines) is 2. The summed E-state index contributed by atoms with van der Waals surface area (Å²) in [6.07, 6.45) is 4.19. The maximum atomic E-state index is 5.93. The third-order valence-electron chi connectivity index (χ3n) is 4.35. The fourth-order valence-corrected chi connectivity index (χ4v) is 2.96. The van der Waals surface area contributed by atoms with E-state index < -0.39 is 0 Å². The average molecular weight is 225 g/mol. The Morgan fingerprint density at radius 1 is 1.19 bits per heavy atom. The van der Waals surface area contributed by atoms with Crippen molar-refractivity contribution in [2.75, 3.05) is 32.7 Å². The van der Waals surface area contributed by atoms with Gasteiger partial charge >= 0.3 is 0 Å². The van der Waals surface area contributed by atoms with Crippen LogP contribution in [0.15, 0.2) is 0 Å². The molecule has 2 fully saturated rings. The van der Waals surface area contributed by atoms with Crippen LogP contribution in [0.1, 0.15) is 33.1 Å². The molecule has 3 unspecified atom stereocenters. The van der Waals surface area contributed by atoms with Crippen LogP contribution < -0.4 is 5.73 Å². The Balaban J connectivity index is 1.74. The maximum absolute atomic E-state index is 5.93. The number of hydrogen-bond acceptors (Lipinski definition) is 3. The second-order valence-corrected chi connectivity index (χ2v) is 5.78. The molecule has 2 aliphatic rings. The van der Waals surface area contributed by atoms with E-state index in [-0.39, 0.29) is 0 Å². The summed E-state index contributed by atoms with van der Waals surface area (Å²) in [4.78, 5) is 5.30. The van der Waals surface area contributed by atoms with Crippen LogP contribution in [-0.2, 0) is 0 Å². The summed E-state index contributed by atoms with van der Waals surface area (Å²) in [7, 11) is 0. The monoisotopic (exact) mass is 225 g/mol. The van der Waals surface area contributed by atoms with Gasteiger partial charge < -0.3 is 10.6 Å². The van der Waals surface area contributed by atoms with Crippen molar-refractivity contribution in [3.05, 3.63) is 0 Å². The molecule has 0 aromatic heterocycles. The van der Waals surface area contributed by atoms with Crippen molar-refractivity contribution in [2.24, 2.45) is 11.7 Å². The molecule has 2 saturated heterocycles. The first kappa shape index (κ1) is 12.3. The lowest BCUT2D eigenvalue weighted by Crippen LogP contribution is -2.38. The molecule has 2 aliphatic heterocycles. The van der Waals surface area contributed by atoms with Crippen LogP contribution in [-0.4, -0.2) is 54.6 Å². The normalized spacial score (nSPS) is 32.1. The van der Waals surface area contributed by atoms with E-state index in [1.807, 2.05) is 0 Å². The van der Waals surface area contributed by atoms with Gasteiger partial charge in [0.05, 0.1) is 0 Å². The van der Waals surface area contributed by atoms with Gasteiger partial charge in [0.25, 0.3) is 0 Å². The van der Waals surface area contributed by atoms with Gasteiger partial charge in [-0.1, -0.05) is 6.92 Å². The van der Waals surface area contributed by atoms with E-state index in [1.54, 1.807) is 0 Å². The first-order valence-corrected chi connectivity index (χ1v) is 6.89. The van der Waals surface area contributed by atoms with Gasteiger partial charge in [-0.15, -0.1) is 0 Å². The standard InChI is InChI=1S/C13H27N3/c1-11(12(2)14)9-15-8-5-13(10-15)16-6-3-4-7-16/h11-13H,3-10,14H2,1-2H3. The zero-order chi connectivity index (χ0) is 11.5. The summed E-state index contributed by atoms with van der Waals surface area (Å²) in [6, 6.07) is 1.16. The summed E-state index contributed by atoms with van der Waals surface area (Å²) in [5.41, 5.74) is 5.93. The van der Waals surface area contributed by atoms with E-state index in [2.05, 4.69) is 23.6 Å². The van der Waals surface area contributed by atoms with Crippen LogP contribution in [0.3, 0.4) is 0 Å². The summed E-state index contributed by atoms with van der Waals surface area (Å²) in [6.45, 7) is 10.8. The Morgan fingerprint density at radius 2 is 1.88 bits per heavy atom. The number of nitrogens with two attached hydrogens (primary N) is 1. The molecular formula is C13H27N3. The average Bonchev–Trinajstić information content (AvgIpc) is 2.85. The molecule has 3 atom stereocenters. The molecule has 2 heterocycles. The number of rotatable bonds is 4. The molecule has 0 aromatic rings. The number of nitrogens with zero attached hydrogens (tertiary/aromatic N) is 2. The largest absolute Gasteiger partial charge is 0.328 e. The second-order valence-electron chi connectivity index (χ2n) is 5.78. The van der Waals surface area contributed by atoms with Gasteiger partial charge in [0.2, 0.25) is 0 Å². The Morgan fingerprint density at radius 3 is 2.50 bits per heavy atom. The highest BCUT2D eigenvalue weighted by atomic mass is 15.3. The molecular weight excluding hydrogens is 198 g/mol. The lowest BCUT2D eigenvalue weighted by atomic mass is 10.0. The minimum atomic E-state index is 0.325. The van der Waals surface area contributed by atoms with Crippen LogP contribution in [0.2, 0.25) is 0 Å². The predicted molar refractivity (Wildman–Crippen MR) is 68.5 cm³/mol. The van der Waals surface area contributed by atoms with Crippen LogP contribution in [0.5, 0.6) is 0 Å². The van der Waals surface area contributed by atoms with E-state index in [9.17, 15) is 0 Å². The second kappa shape index (κ2) is 5.48. The first-order chi connectivity index (χ1) is 7.66. The molecule has 2 N–H and O–H groups in total. The topological polar surface area (TPSA) is 32.5 Å². The van der Waals surface area contributed by atoms with E-state index in [4.69, 9.17) is 5.73 Å². The summed E-state index contributed by atoms with van der Waals surface area (Å²) in [5, 5.41) is 0. The smallest absolute Gasteiger partial charge is 0.0235 e. The minimum absolute atomic E-state index is 0.325. The van der Waals surface area contributed by atoms with Gasteiger partial charge in [0, 0.05) is 25.2 Å². The summed E-state index contributed by atoms with van der Waals surface area (Å²) < 4.78 is 0. The van der Waals surface area contributed by atoms with Crippen molar-refractivity contribution in [1.29, 1.82) is 0 Å². The highest BCUT2D eigenvalue weighted by molar-refractivity contribution is 4.86. The van der Waals surface area contributed by atoms with Crippen molar-refractivity contribution >= 4 is 0 Å². The van der Waals surface area contributed by atoms with E-state index in [1.165, 1.54) is 52.0 Å². The Bertz CT molecular complexity index is 211. The highest BCUT2D eigenvalue weighted by Crippen LogP contribution is 2.21. The van der Waals surface area contributed by atoms with Gasteiger partial charge in [0.15, 0.2) is 0 Å². The molecule has 16 heavy (non-hydrogen) atoms. The van der Waals surface area contributed by atoms with Crippen molar-refractivity contribution in [3.63, 3.8) is 0 Å². The summed E-state index contributed by atoms with van der Waals surface area (Å²) in [5.74, 6) is 0.623. The summed E-state index contributed by atoms with van der Waals surface area (Å²) >= 11 is 0. The molecule has 0 aromatic carbocycles. The molecule has 0 amide bonds. The predicted octanol–water partition coefficient (Wildman–Crippen LogP) is 1.14. The Hall–Kier alpha value is -0.120. The third kappa shape index (κ3) is 2.96. The van der Waals surface area contributed by atoms with Crippen LogP contribution >= 0.6 is 0 Å². The molecule has 0 bridgehead atoms. The zero-order valence-electron chi connectivity index (χ0n) is 10.9. The fourth-order valence-electron chi connectivity index (χ4n) is 2.96.